The Labute approximate surface area is 142 Å². The first-order valence-electron chi connectivity index (χ1n) is 8.94. The Kier molecular flexibility index (Phi) is 5.84. The van der Waals surface area contributed by atoms with Crippen molar-refractivity contribution in [1.82, 2.24) is 15.0 Å². The summed E-state index contributed by atoms with van der Waals surface area (Å²) in [5.74, 6) is 1.22. The summed E-state index contributed by atoms with van der Waals surface area (Å²) in [4.78, 5) is 19.1. The Hall–Kier alpha value is -1.47. The molecule has 2 heterocycles. The number of methoxy groups -OCH3 is 1. The third-order valence-corrected chi connectivity index (χ3v) is 5.27. The number of carbonyl (C=O) groups is 1. The Balaban J connectivity index is 1.67. The molecule has 1 aromatic rings. The molecule has 0 unspecified atom stereocenters. The van der Waals surface area contributed by atoms with Gasteiger partial charge in [0.2, 0.25) is 11.8 Å². The van der Waals surface area contributed by atoms with Gasteiger partial charge >= 0.3 is 0 Å². The Morgan fingerprint density at radius 1 is 1.29 bits per heavy atom. The molecule has 24 heavy (non-hydrogen) atoms. The number of hydrogen-bond donors (Lipinski definition) is 1. The summed E-state index contributed by atoms with van der Waals surface area (Å²) in [5, 5.41) is 13.6. The molecule has 0 radical (unpaired) electrons. The van der Waals surface area contributed by atoms with Crippen molar-refractivity contribution in [3.05, 3.63) is 11.7 Å². The van der Waals surface area contributed by atoms with Gasteiger partial charge in [0.15, 0.2) is 5.82 Å². The van der Waals surface area contributed by atoms with E-state index in [0.717, 1.165) is 25.7 Å². The van der Waals surface area contributed by atoms with Crippen LogP contribution in [0, 0.1) is 11.8 Å². The van der Waals surface area contributed by atoms with Gasteiger partial charge in [-0.05, 0) is 12.8 Å². The molecule has 2 atom stereocenters. The van der Waals surface area contributed by atoms with Gasteiger partial charge in [0.05, 0.1) is 5.92 Å². The van der Waals surface area contributed by atoms with Crippen LogP contribution in [0.15, 0.2) is 4.52 Å². The van der Waals surface area contributed by atoms with Crippen LogP contribution in [0.5, 0.6) is 0 Å². The fourth-order valence-corrected chi connectivity index (χ4v) is 3.91. The zero-order valence-corrected chi connectivity index (χ0v) is 14.3. The summed E-state index contributed by atoms with van der Waals surface area (Å²) in [7, 11) is 1.58. The highest BCUT2D eigenvalue weighted by Gasteiger charge is 2.40. The number of hydrogen-bond acceptors (Lipinski definition) is 6. The fraction of sp³-hybridized carbons (Fsp3) is 0.824. The topological polar surface area (TPSA) is 88.7 Å². The van der Waals surface area contributed by atoms with Crippen LogP contribution in [0.4, 0.5) is 0 Å². The Morgan fingerprint density at radius 2 is 2.04 bits per heavy atom. The van der Waals surface area contributed by atoms with Gasteiger partial charge in [-0.25, -0.2) is 0 Å². The van der Waals surface area contributed by atoms with Crippen LogP contribution in [0.2, 0.25) is 0 Å². The van der Waals surface area contributed by atoms with E-state index < -0.39 is 0 Å². The second-order valence-corrected chi connectivity index (χ2v) is 6.96. The molecule has 1 N–H and O–H groups in total. The first-order valence-corrected chi connectivity index (χ1v) is 8.94. The second-order valence-electron chi connectivity index (χ2n) is 6.96. The lowest BCUT2D eigenvalue weighted by Crippen LogP contribution is -2.34. The van der Waals surface area contributed by atoms with Crippen molar-refractivity contribution in [1.29, 1.82) is 0 Å². The minimum atomic E-state index is -0.0946. The number of rotatable bonds is 5. The molecule has 1 aliphatic heterocycles. The second kappa shape index (κ2) is 8.07. The summed E-state index contributed by atoms with van der Waals surface area (Å²) < 4.78 is 10.3. The lowest BCUT2D eigenvalue weighted by molar-refractivity contribution is -0.135. The third-order valence-electron chi connectivity index (χ3n) is 5.27. The number of aliphatic hydroxyl groups excluding tert-OH is 1. The standard InChI is InChI=1S/C17H27N3O4/c1-23-11-15-18-16(24-19-15)14-9-20(8-13(14)10-21)17(22)12-6-4-2-3-5-7-12/h12-14,21H,2-11H2,1H3/t13-,14+/m0/s1. The minimum Gasteiger partial charge on any atom is -0.396 e. The summed E-state index contributed by atoms with van der Waals surface area (Å²) >= 11 is 0. The van der Waals surface area contributed by atoms with Crippen molar-refractivity contribution in [2.24, 2.45) is 11.8 Å². The lowest BCUT2D eigenvalue weighted by atomic mass is 9.97. The fourth-order valence-electron chi connectivity index (χ4n) is 3.91. The zero-order valence-electron chi connectivity index (χ0n) is 14.3. The third kappa shape index (κ3) is 3.78. The highest BCUT2D eigenvalue weighted by Crippen LogP contribution is 2.34. The van der Waals surface area contributed by atoms with E-state index >= 15 is 0 Å². The van der Waals surface area contributed by atoms with Gasteiger partial charge in [-0.1, -0.05) is 30.8 Å². The smallest absolute Gasteiger partial charge is 0.232 e. The number of amides is 1. The van der Waals surface area contributed by atoms with Gasteiger partial charge in [-0.2, -0.15) is 4.98 Å². The van der Waals surface area contributed by atoms with Crippen LogP contribution < -0.4 is 0 Å². The number of likely N-dealkylation sites (tertiary alicyclic amines) is 1. The predicted octanol–water partition coefficient (Wildman–Crippen LogP) is 1.72. The largest absolute Gasteiger partial charge is 0.396 e. The van der Waals surface area contributed by atoms with Crippen molar-refractivity contribution >= 4 is 5.91 Å². The van der Waals surface area contributed by atoms with Gasteiger partial charge in [0, 0.05) is 38.6 Å². The highest BCUT2D eigenvalue weighted by atomic mass is 16.5. The maximum absolute atomic E-state index is 12.9. The highest BCUT2D eigenvalue weighted by molar-refractivity contribution is 5.79. The molecular formula is C17H27N3O4. The zero-order chi connectivity index (χ0) is 16.9. The first kappa shape index (κ1) is 17.4. The van der Waals surface area contributed by atoms with Crippen LogP contribution >= 0.6 is 0 Å². The quantitative estimate of drug-likeness (QED) is 0.823. The van der Waals surface area contributed by atoms with Crippen molar-refractivity contribution < 1.29 is 19.2 Å². The van der Waals surface area contributed by atoms with Crippen molar-refractivity contribution in [2.45, 2.75) is 51.0 Å². The van der Waals surface area contributed by atoms with E-state index in [1.807, 2.05) is 4.90 Å². The number of ether oxygens (including phenoxy) is 1. The molecule has 2 fully saturated rings. The number of nitrogens with zero attached hydrogens (tertiary/aromatic N) is 3. The Bertz CT molecular complexity index is 540. The molecule has 1 aliphatic carbocycles. The lowest BCUT2D eigenvalue weighted by Gasteiger charge is -2.22. The molecule has 1 aromatic heterocycles. The van der Waals surface area contributed by atoms with Gasteiger partial charge in [-0.3, -0.25) is 4.79 Å². The van der Waals surface area contributed by atoms with Crippen LogP contribution in [0.1, 0.15) is 56.2 Å². The average molecular weight is 337 g/mol. The van der Waals surface area contributed by atoms with Crippen molar-refractivity contribution in [3.8, 4) is 0 Å². The Morgan fingerprint density at radius 3 is 2.71 bits per heavy atom. The molecule has 3 rings (SSSR count). The van der Waals surface area contributed by atoms with E-state index in [-0.39, 0.29) is 30.3 Å². The molecule has 0 spiro atoms. The van der Waals surface area contributed by atoms with E-state index in [1.165, 1.54) is 12.8 Å². The molecule has 7 nitrogen and oxygen atoms in total. The van der Waals surface area contributed by atoms with Gasteiger partial charge in [0.25, 0.3) is 0 Å². The molecule has 1 amide bonds. The average Bonchev–Trinajstić information content (AvgIpc) is 3.13. The number of aromatic nitrogens is 2. The van der Waals surface area contributed by atoms with Crippen LogP contribution in [0.3, 0.4) is 0 Å². The molecule has 1 saturated carbocycles. The first-order chi connectivity index (χ1) is 11.7. The molecule has 0 bridgehead atoms. The summed E-state index contributed by atoms with van der Waals surface area (Å²) in [6, 6.07) is 0. The number of aliphatic hydroxyl groups is 1. The SMILES string of the molecule is COCc1noc([C@@H]2CN(C(=O)C3CCCCCC3)C[C@H]2CO)n1. The molecule has 7 heteroatoms. The number of carbonyl (C=O) groups excluding carboxylic acids is 1. The minimum absolute atomic E-state index is 0.0150. The van der Waals surface area contributed by atoms with Crippen LogP contribution in [0.25, 0.3) is 0 Å². The van der Waals surface area contributed by atoms with E-state index in [2.05, 4.69) is 10.1 Å². The van der Waals surface area contributed by atoms with E-state index in [4.69, 9.17) is 9.26 Å². The maximum atomic E-state index is 12.9. The molecule has 134 valence electrons. The summed E-state index contributed by atoms with van der Waals surface area (Å²) in [6.45, 7) is 1.43. The van der Waals surface area contributed by atoms with Crippen LogP contribution in [-0.4, -0.2) is 52.9 Å². The molecule has 0 aromatic carbocycles. The van der Waals surface area contributed by atoms with E-state index in [0.29, 0.717) is 31.4 Å². The maximum Gasteiger partial charge on any atom is 0.232 e. The predicted molar refractivity (Wildman–Crippen MR) is 86.1 cm³/mol. The van der Waals surface area contributed by atoms with Gasteiger partial charge in [0.1, 0.15) is 6.61 Å². The van der Waals surface area contributed by atoms with Crippen molar-refractivity contribution in [2.75, 3.05) is 26.8 Å². The van der Waals surface area contributed by atoms with Gasteiger partial charge in [-0.15, -0.1) is 0 Å². The van der Waals surface area contributed by atoms with Crippen LogP contribution in [-0.2, 0) is 16.1 Å². The van der Waals surface area contributed by atoms with E-state index in [9.17, 15) is 9.90 Å². The molecule has 1 saturated heterocycles. The molecular weight excluding hydrogens is 310 g/mol. The van der Waals surface area contributed by atoms with Gasteiger partial charge < -0.3 is 19.3 Å². The normalized spacial score (nSPS) is 25.8. The van der Waals surface area contributed by atoms with E-state index in [1.54, 1.807) is 7.11 Å². The summed E-state index contributed by atoms with van der Waals surface area (Å²) in [6.07, 6.45) is 6.72. The summed E-state index contributed by atoms with van der Waals surface area (Å²) in [5.41, 5.74) is 0. The monoisotopic (exact) mass is 337 g/mol. The van der Waals surface area contributed by atoms with Crippen molar-refractivity contribution in [3.63, 3.8) is 0 Å². The molecule has 2 aliphatic rings.